The fourth-order valence-electron chi connectivity index (χ4n) is 2.31. The van der Waals surface area contributed by atoms with Gasteiger partial charge in [-0.2, -0.15) is 0 Å². The van der Waals surface area contributed by atoms with Gasteiger partial charge in [0, 0.05) is 6.54 Å². The molecule has 2 rings (SSSR count). The first-order chi connectivity index (χ1) is 9.86. The van der Waals surface area contributed by atoms with Crippen LogP contribution in [0.3, 0.4) is 0 Å². The number of aryl methyl sites for hydroxylation is 1. The molecule has 6 nitrogen and oxygen atoms in total. The first kappa shape index (κ1) is 19.2. The first-order valence-electron chi connectivity index (χ1n) is 7.02. The van der Waals surface area contributed by atoms with E-state index >= 15 is 0 Å². The summed E-state index contributed by atoms with van der Waals surface area (Å²) in [7, 11) is -3.67. The van der Waals surface area contributed by atoms with E-state index in [0.717, 1.165) is 18.0 Å². The van der Waals surface area contributed by atoms with Crippen LogP contribution in [0.2, 0.25) is 0 Å². The van der Waals surface area contributed by atoms with Crippen molar-refractivity contribution in [2.24, 2.45) is 21.8 Å². The van der Waals surface area contributed by atoms with Crippen molar-refractivity contribution in [1.82, 2.24) is 5.32 Å². The molecule has 0 aliphatic heterocycles. The van der Waals surface area contributed by atoms with E-state index in [-0.39, 0.29) is 28.9 Å². The fourth-order valence-corrected chi connectivity index (χ4v) is 3.07. The monoisotopic (exact) mass is 438 g/mol. The molecule has 0 spiro atoms. The summed E-state index contributed by atoms with van der Waals surface area (Å²) < 4.78 is 22.7. The number of aliphatic imine (C=N–C) groups is 1. The normalized spacial score (nSPS) is 15.8. The molecule has 1 saturated carbocycles. The number of rotatable bonds is 5. The number of sulfonamides is 1. The molecule has 1 aromatic rings. The Morgan fingerprint density at radius 3 is 2.59 bits per heavy atom. The van der Waals surface area contributed by atoms with E-state index in [1.54, 1.807) is 19.1 Å². The van der Waals surface area contributed by atoms with Gasteiger partial charge in [0.2, 0.25) is 10.0 Å². The Labute approximate surface area is 148 Å². The van der Waals surface area contributed by atoms with E-state index in [0.29, 0.717) is 18.1 Å². The number of guanidine groups is 1. The maximum Gasteiger partial charge on any atom is 0.238 e. The van der Waals surface area contributed by atoms with Crippen molar-refractivity contribution in [2.45, 2.75) is 37.6 Å². The molecule has 124 valence electrons. The van der Waals surface area contributed by atoms with Gasteiger partial charge in [-0.1, -0.05) is 18.6 Å². The maximum atomic E-state index is 11.3. The quantitative estimate of drug-likeness (QED) is 0.367. The van der Waals surface area contributed by atoms with E-state index in [2.05, 4.69) is 10.3 Å². The number of halogens is 1. The lowest BCUT2D eigenvalue weighted by atomic mass is 9.85. The summed E-state index contributed by atoms with van der Waals surface area (Å²) in [5, 5.41) is 8.25. The van der Waals surface area contributed by atoms with Crippen LogP contribution in [0.25, 0.3) is 0 Å². The lowest BCUT2D eigenvalue weighted by molar-refractivity contribution is 0.315. The predicted octanol–water partition coefficient (Wildman–Crippen LogP) is 1.46. The molecular formula is C14H23IN4O2S. The molecule has 5 N–H and O–H groups in total. The zero-order chi connectivity index (χ0) is 15.5. The van der Waals surface area contributed by atoms with Gasteiger partial charge >= 0.3 is 0 Å². The smallest absolute Gasteiger partial charge is 0.238 e. The minimum absolute atomic E-state index is 0. The van der Waals surface area contributed by atoms with Crippen LogP contribution in [0.1, 0.15) is 30.4 Å². The highest BCUT2D eigenvalue weighted by atomic mass is 127. The highest BCUT2D eigenvalue weighted by molar-refractivity contribution is 14.0. The van der Waals surface area contributed by atoms with Crippen LogP contribution in [0.4, 0.5) is 0 Å². The largest absolute Gasteiger partial charge is 0.370 e. The predicted molar refractivity (Wildman–Crippen MR) is 98.6 cm³/mol. The molecular weight excluding hydrogens is 415 g/mol. The molecule has 0 radical (unpaired) electrons. The molecule has 0 bridgehead atoms. The highest BCUT2D eigenvalue weighted by Crippen LogP contribution is 2.25. The van der Waals surface area contributed by atoms with Gasteiger partial charge < -0.3 is 11.1 Å². The van der Waals surface area contributed by atoms with E-state index in [1.165, 1.54) is 25.3 Å². The molecule has 0 aromatic heterocycles. The Balaban J connectivity index is 0.00000242. The molecule has 0 saturated heterocycles. The third-order valence-electron chi connectivity index (χ3n) is 3.77. The van der Waals surface area contributed by atoms with E-state index in [4.69, 9.17) is 10.9 Å². The van der Waals surface area contributed by atoms with Crippen LogP contribution in [0.15, 0.2) is 28.1 Å². The fraction of sp³-hybridized carbons (Fsp3) is 0.500. The molecule has 1 aliphatic rings. The van der Waals surface area contributed by atoms with Crippen LogP contribution in [-0.4, -0.2) is 20.9 Å². The summed E-state index contributed by atoms with van der Waals surface area (Å²) in [6.07, 6.45) is 3.82. The zero-order valence-corrected chi connectivity index (χ0v) is 15.7. The minimum Gasteiger partial charge on any atom is -0.370 e. The second-order valence-electron chi connectivity index (χ2n) is 5.52. The SMILES string of the molecule is Cc1cc(CN=C(N)NCC2CCC2)ccc1S(N)(=O)=O.I. The average Bonchev–Trinajstić information content (AvgIpc) is 2.33. The third-order valence-corrected chi connectivity index (χ3v) is 4.85. The molecule has 1 fully saturated rings. The van der Waals surface area contributed by atoms with E-state index < -0.39 is 10.0 Å². The summed E-state index contributed by atoms with van der Waals surface area (Å²) in [6.45, 7) is 3.00. The van der Waals surface area contributed by atoms with Gasteiger partial charge in [0.05, 0.1) is 11.4 Å². The summed E-state index contributed by atoms with van der Waals surface area (Å²) in [6, 6.07) is 4.98. The second-order valence-corrected chi connectivity index (χ2v) is 7.05. The van der Waals surface area contributed by atoms with Crippen molar-refractivity contribution in [2.75, 3.05) is 6.54 Å². The van der Waals surface area contributed by atoms with Crippen LogP contribution in [-0.2, 0) is 16.6 Å². The molecule has 8 heteroatoms. The van der Waals surface area contributed by atoms with Crippen LogP contribution in [0, 0.1) is 12.8 Å². The van der Waals surface area contributed by atoms with Crippen molar-refractivity contribution in [1.29, 1.82) is 0 Å². The molecule has 22 heavy (non-hydrogen) atoms. The lowest BCUT2D eigenvalue weighted by Gasteiger charge is -2.25. The summed E-state index contributed by atoms with van der Waals surface area (Å²) in [4.78, 5) is 4.41. The Morgan fingerprint density at radius 1 is 1.41 bits per heavy atom. The molecule has 1 aliphatic carbocycles. The van der Waals surface area contributed by atoms with Crippen molar-refractivity contribution >= 4 is 40.0 Å². The topological polar surface area (TPSA) is 111 Å². The number of hydrogen-bond acceptors (Lipinski definition) is 3. The Bertz CT molecular complexity index is 642. The standard InChI is InChI=1S/C14H22N4O2S.HI/c1-10-7-12(5-6-13(10)21(16,19)20)9-18-14(15)17-8-11-3-2-4-11;/h5-7,11H,2-4,8-9H2,1H3,(H3,15,17,18)(H2,16,19,20);1H. The maximum absolute atomic E-state index is 11.3. The zero-order valence-electron chi connectivity index (χ0n) is 12.6. The van der Waals surface area contributed by atoms with Crippen LogP contribution in [0.5, 0.6) is 0 Å². The van der Waals surface area contributed by atoms with Gasteiger partial charge in [-0.05, 0) is 42.9 Å². The second kappa shape index (κ2) is 8.11. The average molecular weight is 438 g/mol. The number of primary sulfonamides is 1. The van der Waals surface area contributed by atoms with Gasteiger partial charge in [0.25, 0.3) is 0 Å². The molecule has 1 aromatic carbocycles. The van der Waals surface area contributed by atoms with Crippen LogP contribution < -0.4 is 16.2 Å². The third kappa shape index (κ3) is 5.40. The first-order valence-corrected chi connectivity index (χ1v) is 8.57. The Morgan fingerprint density at radius 2 is 2.09 bits per heavy atom. The van der Waals surface area contributed by atoms with Gasteiger partial charge in [-0.3, -0.25) is 0 Å². The van der Waals surface area contributed by atoms with Gasteiger partial charge in [-0.25, -0.2) is 18.5 Å². The van der Waals surface area contributed by atoms with Crippen LogP contribution >= 0.6 is 24.0 Å². The van der Waals surface area contributed by atoms with E-state index in [9.17, 15) is 8.42 Å². The van der Waals surface area contributed by atoms with Crippen molar-refractivity contribution in [3.8, 4) is 0 Å². The van der Waals surface area contributed by atoms with Gasteiger partial charge in [-0.15, -0.1) is 24.0 Å². The summed E-state index contributed by atoms with van der Waals surface area (Å²) >= 11 is 0. The molecule has 0 amide bonds. The van der Waals surface area contributed by atoms with Gasteiger partial charge in [0.1, 0.15) is 0 Å². The number of benzene rings is 1. The summed E-state index contributed by atoms with van der Waals surface area (Å²) in [5.41, 5.74) is 7.32. The number of nitrogens with one attached hydrogen (secondary N) is 1. The van der Waals surface area contributed by atoms with Crippen molar-refractivity contribution in [3.63, 3.8) is 0 Å². The number of nitrogens with zero attached hydrogens (tertiary/aromatic N) is 1. The number of nitrogens with two attached hydrogens (primary N) is 2. The molecule has 0 heterocycles. The lowest BCUT2D eigenvalue weighted by Crippen LogP contribution is -2.37. The minimum atomic E-state index is -3.67. The van der Waals surface area contributed by atoms with Crippen molar-refractivity contribution in [3.05, 3.63) is 29.3 Å². The Hall–Kier alpha value is -0.870. The summed E-state index contributed by atoms with van der Waals surface area (Å²) in [5.74, 6) is 1.14. The molecule has 0 atom stereocenters. The molecule has 0 unspecified atom stereocenters. The van der Waals surface area contributed by atoms with E-state index in [1.807, 2.05) is 0 Å². The van der Waals surface area contributed by atoms with Gasteiger partial charge in [0.15, 0.2) is 5.96 Å². The Kier molecular flexibility index (Phi) is 7.07. The highest BCUT2D eigenvalue weighted by Gasteiger charge is 2.16. The van der Waals surface area contributed by atoms with Crippen molar-refractivity contribution < 1.29 is 8.42 Å². The number of hydrogen-bond donors (Lipinski definition) is 3.